The van der Waals surface area contributed by atoms with Gasteiger partial charge in [-0.1, -0.05) is 17.2 Å². The minimum atomic E-state index is -0.401. The van der Waals surface area contributed by atoms with Crippen LogP contribution in [-0.2, 0) is 4.79 Å². The normalized spacial score (nSPS) is 16.0. The smallest absolute Gasteiger partial charge is 0.255 e. The van der Waals surface area contributed by atoms with Crippen LogP contribution in [0.3, 0.4) is 0 Å². The van der Waals surface area contributed by atoms with Crippen molar-refractivity contribution >= 4 is 28.9 Å². The Kier molecular flexibility index (Phi) is 4.13. The van der Waals surface area contributed by atoms with Gasteiger partial charge < -0.3 is 15.4 Å². The number of hydrogen-bond acceptors (Lipinski definition) is 7. The predicted octanol–water partition coefficient (Wildman–Crippen LogP) is 2.67. The molecule has 0 saturated heterocycles. The number of anilines is 2. The van der Waals surface area contributed by atoms with Gasteiger partial charge in [-0.3, -0.25) is 4.79 Å². The fourth-order valence-electron chi connectivity index (χ4n) is 2.98. The third-order valence-electron chi connectivity index (χ3n) is 4.17. The van der Waals surface area contributed by atoms with Crippen molar-refractivity contribution in [2.24, 2.45) is 0 Å². The van der Waals surface area contributed by atoms with Crippen LogP contribution in [-0.4, -0.2) is 33.2 Å². The molecule has 0 bridgehead atoms. The summed E-state index contributed by atoms with van der Waals surface area (Å²) in [7, 11) is 1.57. The first-order valence-electron chi connectivity index (χ1n) is 7.91. The average Bonchev–Trinajstić information content (AvgIpc) is 3.32. The molecule has 0 aliphatic carbocycles. The van der Waals surface area contributed by atoms with Crippen LogP contribution in [0.25, 0.3) is 0 Å². The van der Waals surface area contributed by atoms with Crippen LogP contribution >= 0.6 is 11.3 Å². The number of nitrogens with one attached hydrogen (secondary N) is 2. The predicted molar refractivity (Wildman–Crippen MR) is 98.2 cm³/mol. The molecule has 8 nitrogen and oxygen atoms in total. The number of tetrazole rings is 1. The lowest BCUT2D eigenvalue weighted by Gasteiger charge is -2.27. The van der Waals surface area contributed by atoms with Crippen molar-refractivity contribution in [2.45, 2.75) is 13.0 Å². The van der Waals surface area contributed by atoms with Crippen molar-refractivity contribution in [3.63, 3.8) is 0 Å². The highest BCUT2D eigenvalue weighted by molar-refractivity contribution is 7.08. The van der Waals surface area contributed by atoms with Crippen molar-refractivity contribution in [2.75, 3.05) is 17.7 Å². The van der Waals surface area contributed by atoms with Gasteiger partial charge in [-0.25, -0.2) is 0 Å². The molecule has 0 unspecified atom stereocenters. The number of benzene rings is 1. The van der Waals surface area contributed by atoms with E-state index in [4.69, 9.17) is 4.74 Å². The zero-order chi connectivity index (χ0) is 18.1. The molecule has 4 rings (SSSR count). The zero-order valence-corrected chi connectivity index (χ0v) is 14.9. The molecule has 0 saturated carbocycles. The van der Waals surface area contributed by atoms with E-state index in [0.717, 1.165) is 5.56 Å². The van der Waals surface area contributed by atoms with Crippen LogP contribution in [0, 0.1) is 0 Å². The van der Waals surface area contributed by atoms with E-state index in [1.54, 1.807) is 35.3 Å². The van der Waals surface area contributed by atoms with E-state index in [1.807, 2.05) is 35.9 Å². The molecule has 1 aliphatic rings. The number of ether oxygens (including phenoxy) is 1. The number of thiophene rings is 1. The number of fused-ring (bicyclic) bond motifs is 1. The highest BCUT2D eigenvalue weighted by atomic mass is 32.1. The fourth-order valence-corrected chi connectivity index (χ4v) is 3.66. The summed E-state index contributed by atoms with van der Waals surface area (Å²) in [4.78, 5) is 13.1. The van der Waals surface area contributed by atoms with Crippen molar-refractivity contribution in [3.05, 3.63) is 57.9 Å². The fraction of sp³-hybridized carbons (Fsp3) is 0.176. The minimum absolute atomic E-state index is 0.239. The second-order valence-corrected chi connectivity index (χ2v) is 6.50. The molecule has 0 radical (unpaired) electrons. The number of carbonyl (C=O) groups excluding carboxylic acids is 1. The Morgan fingerprint density at radius 3 is 2.96 bits per heavy atom. The molecule has 132 valence electrons. The summed E-state index contributed by atoms with van der Waals surface area (Å²) < 4.78 is 6.94. The molecule has 3 aromatic rings. The van der Waals surface area contributed by atoms with Crippen LogP contribution in [0.5, 0.6) is 5.75 Å². The molecular weight excluding hydrogens is 352 g/mol. The summed E-state index contributed by atoms with van der Waals surface area (Å²) in [5.74, 6) is 0.863. The molecule has 3 heterocycles. The quantitative estimate of drug-likeness (QED) is 0.735. The molecule has 2 aromatic heterocycles. The van der Waals surface area contributed by atoms with E-state index < -0.39 is 6.04 Å². The van der Waals surface area contributed by atoms with Gasteiger partial charge in [0.1, 0.15) is 11.8 Å². The summed E-state index contributed by atoms with van der Waals surface area (Å²) in [5.41, 5.74) is 2.81. The molecule has 1 aliphatic heterocycles. The topological polar surface area (TPSA) is 94.0 Å². The maximum atomic E-state index is 13.1. The summed E-state index contributed by atoms with van der Waals surface area (Å²) >= 11 is 1.56. The van der Waals surface area contributed by atoms with Gasteiger partial charge in [-0.15, -0.1) is 0 Å². The summed E-state index contributed by atoms with van der Waals surface area (Å²) in [5, 5.41) is 21.8. The molecule has 1 atom stereocenters. The summed E-state index contributed by atoms with van der Waals surface area (Å²) in [6.07, 6.45) is 0. The number of allylic oxidation sites excluding steroid dienone is 1. The number of nitrogens with zero attached hydrogens (tertiary/aromatic N) is 4. The first kappa shape index (κ1) is 16.3. The highest BCUT2D eigenvalue weighted by Crippen LogP contribution is 2.36. The van der Waals surface area contributed by atoms with E-state index in [1.165, 1.54) is 0 Å². The molecule has 0 fully saturated rings. The largest absolute Gasteiger partial charge is 0.495 e. The van der Waals surface area contributed by atoms with Gasteiger partial charge >= 0.3 is 0 Å². The third kappa shape index (κ3) is 2.72. The van der Waals surface area contributed by atoms with Gasteiger partial charge in [0.15, 0.2) is 0 Å². The number of amides is 1. The number of carbonyl (C=O) groups is 1. The number of methoxy groups -OCH3 is 1. The first-order chi connectivity index (χ1) is 12.7. The van der Waals surface area contributed by atoms with E-state index in [9.17, 15) is 4.79 Å². The molecule has 1 aromatic carbocycles. The molecule has 2 N–H and O–H groups in total. The Morgan fingerprint density at radius 2 is 2.19 bits per heavy atom. The molecule has 1 amide bonds. The Morgan fingerprint density at radius 1 is 1.35 bits per heavy atom. The Balaban J connectivity index is 1.74. The Labute approximate surface area is 153 Å². The lowest BCUT2D eigenvalue weighted by atomic mass is 9.97. The van der Waals surface area contributed by atoms with Crippen molar-refractivity contribution in [1.82, 2.24) is 20.2 Å². The molecule has 9 heteroatoms. The maximum Gasteiger partial charge on any atom is 0.255 e. The summed E-state index contributed by atoms with van der Waals surface area (Å²) in [6, 6.07) is 8.85. The second-order valence-electron chi connectivity index (χ2n) is 5.72. The van der Waals surface area contributed by atoms with Gasteiger partial charge in [0, 0.05) is 5.70 Å². The lowest BCUT2D eigenvalue weighted by molar-refractivity contribution is -0.113. The first-order valence-corrected chi connectivity index (χ1v) is 8.85. The van der Waals surface area contributed by atoms with Crippen LogP contribution in [0.15, 0.2) is 52.4 Å². The van der Waals surface area contributed by atoms with Crippen LogP contribution < -0.4 is 15.4 Å². The minimum Gasteiger partial charge on any atom is -0.495 e. The van der Waals surface area contributed by atoms with Gasteiger partial charge in [0.05, 0.1) is 18.4 Å². The average molecular weight is 368 g/mol. The molecule has 26 heavy (non-hydrogen) atoms. The van der Waals surface area contributed by atoms with Gasteiger partial charge in [-0.2, -0.15) is 16.0 Å². The number of aromatic nitrogens is 4. The van der Waals surface area contributed by atoms with E-state index >= 15 is 0 Å². The van der Waals surface area contributed by atoms with Crippen LogP contribution in [0.1, 0.15) is 18.5 Å². The number of rotatable bonds is 4. The SMILES string of the molecule is COc1ccccc1NC(=O)C1=C(C)Nc2nnnn2[C@@H]1c1ccsc1. The monoisotopic (exact) mass is 368 g/mol. The van der Waals surface area contributed by atoms with E-state index in [0.29, 0.717) is 28.7 Å². The van der Waals surface area contributed by atoms with Gasteiger partial charge in [-0.05, 0) is 51.9 Å². The van der Waals surface area contributed by atoms with Gasteiger partial charge in [0.25, 0.3) is 5.91 Å². The van der Waals surface area contributed by atoms with Gasteiger partial charge in [0.2, 0.25) is 5.95 Å². The highest BCUT2D eigenvalue weighted by Gasteiger charge is 2.34. The van der Waals surface area contributed by atoms with E-state index in [2.05, 4.69) is 26.2 Å². The maximum absolute atomic E-state index is 13.1. The second kappa shape index (κ2) is 6.60. The van der Waals surface area contributed by atoms with Crippen LogP contribution in [0.2, 0.25) is 0 Å². The molecular formula is C17H16N6O2S. The Hall–Kier alpha value is -3.20. The summed E-state index contributed by atoms with van der Waals surface area (Å²) in [6.45, 7) is 1.84. The van der Waals surface area contributed by atoms with E-state index in [-0.39, 0.29) is 5.91 Å². The third-order valence-corrected chi connectivity index (χ3v) is 4.87. The van der Waals surface area contributed by atoms with Crippen molar-refractivity contribution in [1.29, 1.82) is 0 Å². The van der Waals surface area contributed by atoms with Crippen molar-refractivity contribution < 1.29 is 9.53 Å². The lowest BCUT2D eigenvalue weighted by Crippen LogP contribution is -2.31. The Bertz CT molecular complexity index is 979. The number of hydrogen-bond donors (Lipinski definition) is 2. The number of para-hydroxylation sites is 2. The van der Waals surface area contributed by atoms with Crippen LogP contribution in [0.4, 0.5) is 11.6 Å². The molecule has 0 spiro atoms. The zero-order valence-electron chi connectivity index (χ0n) is 14.1. The van der Waals surface area contributed by atoms with Crippen molar-refractivity contribution in [3.8, 4) is 5.75 Å². The standard InChI is InChI=1S/C17H16N6O2S/c1-10-14(16(24)19-12-5-3-4-6-13(12)25-2)15(11-7-8-26-9-11)23-17(18-10)20-21-22-23/h3-9,15H,1-2H3,(H,19,24)(H,18,20,22)/t15-/m1/s1.